The molecule has 1 aromatic carbocycles. The van der Waals surface area contributed by atoms with Gasteiger partial charge in [-0.05, 0) is 31.2 Å². The number of esters is 1. The van der Waals surface area contributed by atoms with Crippen LogP contribution in [0.4, 0.5) is 0 Å². The summed E-state index contributed by atoms with van der Waals surface area (Å²) < 4.78 is 10.3. The van der Waals surface area contributed by atoms with Crippen molar-refractivity contribution in [3.05, 3.63) is 35.9 Å². The average molecular weight is 321 g/mol. The third-order valence-electron chi connectivity index (χ3n) is 3.32. The fourth-order valence-corrected chi connectivity index (χ4v) is 1.84. The number of hydrogen-bond acceptors (Lipinski definition) is 4. The van der Waals surface area contributed by atoms with E-state index in [-0.39, 0.29) is 12.5 Å². The Labute approximate surface area is 138 Å². The van der Waals surface area contributed by atoms with Crippen LogP contribution in [0.15, 0.2) is 30.3 Å². The highest BCUT2D eigenvalue weighted by Gasteiger charge is 2.16. The van der Waals surface area contributed by atoms with E-state index in [0.29, 0.717) is 19.1 Å². The number of rotatable bonds is 10. The summed E-state index contributed by atoms with van der Waals surface area (Å²) in [6, 6.07) is 9.87. The normalized spacial score (nSPS) is 12.0. The molecule has 1 rings (SSSR count). The number of ether oxygens (including phenoxy) is 2. The molecule has 0 saturated carbocycles. The summed E-state index contributed by atoms with van der Waals surface area (Å²) >= 11 is 0. The fourth-order valence-electron chi connectivity index (χ4n) is 1.84. The van der Waals surface area contributed by atoms with Crippen LogP contribution in [0.2, 0.25) is 0 Å². The minimum atomic E-state index is -0.647. The third-order valence-corrected chi connectivity index (χ3v) is 3.32. The van der Waals surface area contributed by atoms with Crippen molar-refractivity contribution >= 4 is 11.9 Å². The smallest absolute Gasteiger partial charge is 0.335 e. The largest absolute Gasteiger partial charge is 0.454 e. The number of hydrogen-bond donors (Lipinski definition) is 1. The Kier molecular flexibility index (Phi) is 8.98. The van der Waals surface area contributed by atoms with Crippen LogP contribution in [0.1, 0.15) is 32.8 Å². The lowest BCUT2D eigenvalue weighted by Crippen LogP contribution is -2.33. The van der Waals surface area contributed by atoms with Gasteiger partial charge in [0.1, 0.15) is 0 Å². The van der Waals surface area contributed by atoms with Crippen molar-refractivity contribution in [3.63, 3.8) is 0 Å². The van der Waals surface area contributed by atoms with Gasteiger partial charge in [0.15, 0.2) is 12.7 Å². The molecule has 0 aromatic heterocycles. The zero-order chi connectivity index (χ0) is 17.1. The zero-order valence-corrected chi connectivity index (χ0v) is 14.2. The molecule has 0 aliphatic carbocycles. The summed E-state index contributed by atoms with van der Waals surface area (Å²) in [5, 5.41) is 2.73. The van der Waals surface area contributed by atoms with Gasteiger partial charge in [0.25, 0.3) is 5.91 Å². The molecule has 5 heteroatoms. The van der Waals surface area contributed by atoms with Gasteiger partial charge in [0.2, 0.25) is 0 Å². The van der Waals surface area contributed by atoms with E-state index in [4.69, 9.17) is 9.47 Å². The summed E-state index contributed by atoms with van der Waals surface area (Å²) in [6.07, 6.45) is 0.984. The quantitative estimate of drug-likeness (QED) is 0.672. The van der Waals surface area contributed by atoms with Crippen molar-refractivity contribution in [1.29, 1.82) is 0 Å². The Hall–Kier alpha value is -1.88. The Bertz CT molecular complexity index is 473. The molecule has 128 valence electrons. The average Bonchev–Trinajstić information content (AvgIpc) is 2.53. The fraction of sp³-hybridized carbons (Fsp3) is 0.556. The predicted octanol–water partition coefficient (Wildman–Crippen LogP) is 2.34. The third kappa shape index (κ3) is 8.98. The lowest BCUT2D eigenvalue weighted by molar-refractivity contribution is -0.159. The minimum Gasteiger partial charge on any atom is -0.454 e. The van der Waals surface area contributed by atoms with Gasteiger partial charge in [0.05, 0.1) is 0 Å². The molecular formula is C18H27NO4. The maximum Gasteiger partial charge on any atom is 0.335 e. The van der Waals surface area contributed by atoms with Crippen LogP contribution < -0.4 is 5.32 Å². The number of nitrogens with one attached hydrogen (secondary N) is 1. The highest BCUT2D eigenvalue weighted by molar-refractivity contribution is 5.81. The van der Waals surface area contributed by atoms with Crippen molar-refractivity contribution in [3.8, 4) is 0 Å². The summed E-state index contributed by atoms with van der Waals surface area (Å²) in [7, 11) is 0. The second-order valence-electron chi connectivity index (χ2n) is 5.89. The first-order chi connectivity index (χ1) is 11.0. The van der Waals surface area contributed by atoms with Crippen molar-refractivity contribution in [2.75, 3.05) is 19.8 Å². The second kappa shape index (κ2) is 10.8. The van der Waals surface area contributed by atoms with Crippen LogP contribution >= 0.6 is 0 Å². The highest BCUT2D eigenvalue weighted by atomic mass is 16.6. The van der Waals surface area contributed by atoms with Crippen LogP contribution in [-0.4, -0.2) is 37.7 Å². The predicted molar refractivity (Wildman–Crippen MR) is 89.0 cm³/mol. The number of carbonyl (C=O) groups is 2. The van der Waals surface area contributed by atoms with Gasteiger partial charge in [-0.3, -0.25) is 4.79 Å². The van der Waals surface area contributed by atoms with Crippen LogP contribution in [0, 0.1) is 5.92 Å². The molecule has 0 saturated heterocycles. The first kappa shape index (κ1) is 19.2. The minimum absolute atomic E-state index is 0.272. The second-order valence-corrected chi connectivity index (χ2v) is 5.89. The van der Waals surface area contributed by atoms with Crippen LogP contribution in [0.5, 0.6) is 0 Å². The van der Waals surface area contributed by atoms with Gasteiger partial charge in [-0.1, -0.05) is 44.2 Å². The Balaban J connectivity index is 2.13. The molecule has 1 aromatic rings. The van der Waals surface area contributed by atoms with Crippen molar-refractivity contribution in [1.82, 2.24) is 5.32 Å². The van der Waals surface area contributed by atoms with Gasteiger partial charge >= 0.3 is 5.97 Å². The number of benzene rings is 1. The van der Waals surface area contributed by atoms with E-state index in [1.54, 1.807) is 6.92 Å². The molecule has 0 aliphatic heterocycles. The van der Waals surface area contributed by atoms with E-state index in [0.717, 1.165) is 18.4 Å². The summed E-state index contributed by atoms with van der Waals surface area (Å²) in [4.78, 5) is 23.3. The van der Waals surface area contributed by atoms with E-state index in [1.165, 1.54) is 0 Å². The topological polar surface area (TPSA) is 64.6 Å². The molecule has 0 radical (unpaired) electrons. The van der Waals surface area contributed by atoms with E-state index in [9.17, 15) is 9.59 Å². The van der Waals surface area contributed by atoms with Crippen LogP contribution in [-0.2, 0) is 25.5 Å². The summed E-state index contributed by atoms with van der Waals surface area (Å²) in [6.45, 7) is 6.57. The highest BCUT2D eigenvalue weighted by Crippen LogP contribution is 2.02. The SMILES string of the molecule is CC(C)CCOC(C)C(=O)OCC(=O)NCCc1ccccc1. The van der Waals surface area contributed by atoms with Crippen molar-refractivity contribution in [2.24, 2.45) is 5.92 Å². The lowest BCUT2D eigenvalue weighted by atomic mass is 10.1. The van der Waals surface area contributed by atoms with E-state index in [2.05, 4.69) is 19.2 Å². The maximum absolute atomic E-state index is 11.7. The molecule has 0 spiro atoms. The van der Waals surface area contributed by atoms with E-state index < -0.39 is 12.1 Å². The van der Waals surface area contributed by atoms with E-state index >= 15 is 0 Å². The molecule has 1 amide bonds. The number of amides is 1. The summed E-state index contributed by atoms with van der Waals surface area (Å²) in [5.41, 5.74) is 1.15. The molecule has 1 N–H and O–H groups in total. The van der Waals surface area contributed by atoms with Gasteiger partial charge in [0, 0.05) is 13.2 Å². The molecule has 1 atom stereocenters. The molecule has 0 heterocycles. The number of carbonyl (C=O) groups excluding carboxylic acids is 2. The molecular weight excluding hydrogens is 294 g/mol. The van der Waals surface area contributed by atoms with Gasteiger partial charge in [-0.15, -0.1) is 0 Å². The van der Waals surface area contributed by atoms with Gasteiger partial charge in [-0.25, -0.2) is 4.79 Å². The first-order valence-corrected chi connectivity index (χ1v) is 8.08. The lowest BCUT2D eigenvalue weighted by Gasteiger charge is -2.13. The Morgan fingerprint density at radius 2 is 1.83 bits per heavy atom. The van der Waals surface area contributed by atoms with Crippen LogP contribution in [0.25, 0.3) is 0 Å². The van der Waals surface area contributed by atoms with Crippen LogP contribution in [0.3, 0.4) is 0 Å². The molecule has 5 nitrogen and oxygen atoms in total. The first-order valence-electron chi connectivity index (χ1n) is 8.08. The molecule has 23 heavy (non-hydrogen) atoms. The van der Waals surface area contributed by atoms with Gasteiger partial charge < -0.3 is 14.8 Å². The molecule has 0 bridgehead atoms. The monoisotopic (exact) mass is 321 g/mol. The Morgan fingerprint density at radius 3 is 2.48 bits per heavy atom. The molecule has 1 unspecified atom stereocenters. The zero-order valence-electron chi connectivity index (χ0n) is 14.2. The van der Waals surface area contributed by atoms with Crippen molar-refractivity contribution in [2.45, 2.75) is 39.7 Å². The summed E-state index contributed by atoms with van der Waals surface area (Å²) in [5.74, 6) is -0.288. The van der Waals surface area contributed by atoms with Gasteiger partial charge in [-0.2, -0.15) is 0 Å². The Morgan fingerprint density at radius 1 is 1.13 bits per heavy atom. The maximum atomic E-state index is 11.7. The van der Waals surface area contributed by atoms with Crippen molar-refractivity contribution < 1.29 is 19.1 Å². The molecule has 0 fully saturated rings. The van der Waals surface area contributed by atoms with E-state index in [1.807, 2.05) is 30.3 Å². The molecule has 0 aliphatic rings. The standard InChI is InChI=1S/C18H27NO4/c1-14(2)10-12-22-15(3)18(21)23-13-17(20)19-11-9-16-7-5-4-6-8-16/h4-8,14-15H,9-13H2,1-3H3,(H,19,20).